The van der Waals surface area contributed by atoms with E-state index < -0.39 is 0 Å². The highest BCUT2D eigenvalue weighted by atomic mass is 79.9. The predicted molar refractivity (Wildman–Crippen MR) is 81.2 cm³/mol. The van der Waals surface area contributed by atoms with Gasteiger partial charge in [0.15, 0.2) is 0 Å². The number of halogens is 1. The summed E-state index contributed by atoms with van der Waals surface area (Å²) in [6.07, 6.45) is 0.192. The van der Waals surface area contributed by atoms with Crippen LogP contribution in [0.25, 0.3) is 0 Å². The van der Waals surface area contributed by atoms with Crippen molar-refractivity contribution in [3.05, 3.63) is 22.2 Å². The summed E-state index contributed by atoms with van der Waals surface area (Å²) in [4.78, 5) is 11.8. The number of carbonyl (C=O) groups excluding carboxylic acids is 1. The smallest absolute Gasteiger partial charge is 0.246 e. The maximum absolute atomic E-state index is 11.8. The standard InChI is InChI=1S/C14H19BrN2O3/c1-8(2)19-4-5-20-12-7-11-9(6-10(12)15)13(16-3)14(18)17-11/h6-8,13,16H,4-5H2,1-3H3,(H,17,18). The van der Waals surface area contributed by atoms with Crippen molar-refractivity contribution in [1.82, 2.24) is 5.32 Å². The van der Waals surface area contributed by atoms with Crippen LogP contribution in [-0.2, 0) is 9.53 Å². The average Bonchev–Trinajstić information content (AvgIpc) is 2.69. The molecule has 0 fully saturated rings. The number of fused-ring (bicyclic) bond motifs is 1. The Balaban J connectivity index is 2.06. The maximum atomic E-state index is 11.8. The van der Waals surface area contributed by atoms with Crippen LogP contribution in [0.5, 0.6) is 5.75 Å². The number of nitrogens with one attached hydrogen (secondary N) is 2. The zero-order valence-corrected chi connectivity index (χ0v) is 13.4. The van der Waals surface area contributed by atoms with Crippen molar-refractivity contribution in [2.45, 2.75) is 26.0 Å². The zero-order chi connectivity index (χ0) is 14.7. The van der Waals surface area contributed by atoms with Gasteiger partial charge in [-0.1, -0.05) is 0 Å². The van der Waals surface area contributed by atoms with E-state index in [0.717, 1.165) is 15.7 Å². The molecule has 1 aliphatic heterocycles. The third-order valence-electron chi connectivity index (χ3n) is 3.02. The topological polar surface area (TPSA) is 59.6 Å². The number of hydrogen-bond acceptors (Lipinski definition) is 4. The van der Waals surface area contributed by atoms with Crippen LogP contribution in [0.3, 0.4) is 0 Å². The number of ether oxygens (including phenoxy) is 2. The molecule has 0 radical (unpaired) electrons. The normalized spacial score (nSPS) is 17.2. The minimum Gasteiger partial charge on any atom is -0.490 e. The molecular formula is C14H19BrN2O3. The molecule has 1 amide bonds. The van der Waals surface area contributed by atoms with E-state index >= 15 is 0 Å². The van der Waals surface area contributed by atoms with Crippen molar-refractivity contribution in [2.75, 3.05) is 25.6 Å². The Bertz CT molecular complexity index is 505. The lowest BCUT2D eigenvalue weighted by atomic mass is 10.1. The number of amides is 1. The molecular weight excluding hydrogens is 324 g/mol. The molecule has 2 N–H and O–H groups in total. The highest BCUT2D eigenvalue weighted by molar-refractivity contribution is 9.10. The predicted octanol–water partition coefficient (Wildman–Crippen LogP) is 2.47. The molecule has 6 heteroatoms. The number of rotatable bonds is 6. The minimum absolute atomic E-state index is 0.0466. The van der Waals surface area contributed by atoms with Gasteiger partial charge in [0.05, 0.1) is 17.2 Å². The Labute approximate surface area is 127 Å². The second-order valence-electron chi connectivity index (χ2n) is 4.85. The van der Waals surface area contributed by atoms with E-state index in [-0.39, 0.29) is 18.1 Å². The van der Waals surface area contributed by atoms with Gasteiger partial charge in [-0.05, 0) is 42.9 Å². The molecule has 1 atom stereocenters. The molecule has 1 heterocycles. The molecule has 0 saturated carbocycles. The molecule has 1 aromatic carbocycles. The molecule has 0 saturated heterocycles. The summed E-state index contributed by atoms with van der Waals surface area (Å²) in [5, 5.41) is 5.83. The Morgan fingerprint density at radius 2 is 2.15 bits per heavy atom. The number of anilines is 1. The van der Waals surface area contributed by atoms with E-state index in [9.17, 15) is 4.79 Å². The molecule has 0 aromatic heterocycles. The first kappa shape index (κ1) is 15.3. The fourth-order valence-electron chi connectivity index (χ4n) is 2.09. The van der Waals surface area contributed by atoms with Crippen molar-refractivity contribution < 1.29 is 14.3 Å². The maximum Gasteiger partial charge on any atom is 0.246 e. The summed E-state index contributed by atoms with van der Waals surface area (Å²) in [7, 11) is 1.76. The summed E-state index contributed by atoms with van der Waals surface area (Å²) in [5.41, 5.74) is 1.72. The van der Waals surface area contributed by atoms with Crippen LogP contribution in [0.4, 0.5) is 5.69 Å². The van der Waals surface area contributed by atoms with Crippen LogP contribution >= 0.6 is 15.9 Å². The van der Waals surface area contributed by atoms with Gasteiger partial charge in [-0.3, -0.25) is 4.79 Å². The van der Waals surface area contributed by atoms with Gasteiger partial charge in [0.25, 0.3) is 0 Å². The molecule has 110 valence electrons. The van der Waals surface area contributed by atoms with Gasteiger partial charge in [-0.15, -0.1) is 0 Å². The summed E-state index contributed by atoms with van der Waals surface area (Å²) < 4.78 is 11.9. The lowest BCUT2D eigenvalue weighted by molar-refractivity contribution is -0.117. The molecule has 0 spiro atoms. The second kappa shape index (κ2) is 6.56. The van der Waals surface area contributed by atoms with E-state index in [1.165, 1.54) is 0 Å². The van der Waals surface area contributed by atoms with E-state index in [1.54, 1.807) is 7.05 Å². The van der Waals surface area contributed by atoms with Crippen molar-refractivity contribution in [2.24, 2.45) is 0 Å². The van der Waals surface area contributed by atoms with E-state index in [1.807, 2.05) is 26.0 Å². The third kappa shape index (κ3) is 3.31. The Morgan fingerprint density at radius 1 is 1.40 bits per heavy atom. The van der Waals surface area contributed by atoms with Gasteiger partial charge in [0.1, 0.15) is 18.4 Å². The van der Waals surface area contributed by atoms with Crippen molar-refractivity contribution in [3.63, 3.8) is 0 Å². The van der Waals surface area contributed by atoms with Crippen molar-refractivity contribution in [3.8, 4) is 5.75 Å². The van der Waals surface area contributed by atoms with Crippen LogP contribution in [0.15, 0.2) is 16.6 Å². The van der Waals surface area contributed by atoms with Crippen LogP contribution in [0, 0.1) is 0 Å². The first-order valence-electron chi connectivity index (χ1n) is 6.59. The molecule has 5 nitrogen and oxygen atoms in total. The van der Waals surface area contributed by atoms with Crippen LogP contribution in [0.2, 0.25) is 0 Å². The van der Waals surface area contributed by atoms with Crippen LogP contribution in [-0.4, -0.2) is 32.3 Å². The summed E-state index contributed by atoms with van der Waals surface area (Å²) >= 11 is 3.47. The van der Waals surface area contributed by atoms with Gasteiger partial charge in [0, 0.05) is 17.3 Å². The number of likely N-dealkylation sites (N-methyl/N-ethyl adjacent to an activating group) is 1. The fourth-order valence-corrected chi connectivity index (χ4v) is 2.57. The lowest BCUT2D eigenvalue weighted by Gasteiger charge is -2.12. The number of benzene rings is 1. The van der Waals surface area contributed by atoms with E-state index in [0.29, 0.717) is 19.0 Å². The molecule has 0 bridgehead atoms. The molecule has 20 heavy (non-hydrogen) atoms. The van der Waals surface area contributed by atoms with E-state index in [4.69, 9.17) is 9.47 Å². The minimum atomic E-state index is -0.306. The molecule has 2 rings (SSSR count). The van der Waals surface area contributed by atoms with Gasteiger partial charge in [-0.2, -0.15) is 0 Å². The molecule has 1 aromatic rings. The van der Waals surface area contributed by atoms with Gasteiger partial charge < -0.3 is 20.1 Å². The van der Waals surface area contributed by atoms with Crippen molar-refractivity contribution >= 4 is 27.5 Å². The Hall–Kier alpha value is -1.11. The van der Waals surface area contributed by atoms with Crippen LogP contribution < -0.4 is 15.4 Å². The first-order valence-corrected chi connectivity index (χ1v) is 7.38. The van der Waals surface area contributed by atoms with Crippen molar-refractivity contribution in [1.29, 1.82) is 0 Å². The zero-order valence-electron chi connectivity index (χ0n) is 11.8. The SMILES string of the molecule is CNC1C(=O)Nc2cc(OCCOC(C)C)c(Br)cc21. The summed E-state index contributed by atoms with van der Waals surface area (Å²) in [6, 6.07) is 3.44. The highest BCUT2D eigenvalue weighted by Crippen LogP contribution is 2.38. The molecule has 1 aliphatic rings. The number of carbonyl (C=O) groups is 1. The van der Waals surface area contributed by atoms with Gasteiger partial charge in [0.2, 0.25) is 5.91 Å². The Kier molecular flexibility index (Phi) is 5.01. The first-order chi connectivity index (χ1) is 9.52. The van der Waals surface area contributed by atoms with Gasteiger partial charge >= 0.3 is 0 Å². The summed E-state index contributed by atoms with van der Waals surface area (Å²) in [6.45, 7) is 4.98. The monoisotopic (exact) mass is 342 g/mol. The molecule has 1 unspecified atom stereocenters. The largest absolute Gasteiger partial charge is 0.490 e. The van der Waals surface area contributed by atoms with Gasteiger partial charge in [-0.25, -0.2) is 0 Å². The quantitative estimate of drug-likeness (QED) is 0.779. The van der Waals surface area contributed by atoms with E-state index in [2.05, 4.69) is 26.6 Å². The Morgan fingerprint density at radius 3 is 2.80 bits per heavy atom. The second-order valence-corrected chi connectivity index (χ2v) is 5.70. The average molecular weight is 343 g/mol. The molecule has 0 aliphatic carbocycles. The lowest BCUT2D eigenvalue weighted by Crippen LogP contribution is -2.23. The van der Waals surface area contributed by atoms with Crippen LogP contribution in [0.1, 0.15) is 25.5 Å². The number of hydrogen-bond donors (Lipinski definition) is 2. The summed E-state index contributed by atoms with van der Waals surface area (Å²) in [5.74, 6) is 0.655. The fraction of sp³-hybridized carbons (Fsp3) is 0.500. The highest BCUT2D eigenvalue weighted by Gasteiger charge is 2.30. The third-order valence-corrected chi connectivity index (χ3v) is 3.64.